The normalized spacial score (nSPS) is 15.9. The fraction of sp³-hybridized carbons (Fsp3) is 0.375. The predicted molar refractivity (Wildman–Crippen MR) is 84.2 cm³/mol. The van der Waals surface area contributed by atoms with Crippen molar-refractivity contribution >= 4 is 11.8 Å². The van der Waals surface area contributed by atoms with Crippen LogP contribution in [0.4, 0.5) is 13.2 Å². The molecule has 0 bridgehead atoms. The Balaban J connectivity index is 1.62. The van der Waals surface area contributed by atoms with Crippen LogP contribution in [-0.4, -0.2) is 45.0 Å². The van der Waals surface area contributed by atoms with Crippen LogP contribution in [0.5, 0.6) is 0 Å². The van der Waals surface area contributed by atoms with Gasteiger partial charge in [0.25, 0.3) is 11.8 Å². The van der Waals surface area contributed by atoms with Gasteiger partial charge in [-0.15, -0.1) is 0 Å². The summed E-state index contributed by atoms with van der Waals surface area (Å²) < 4.78 is 37.6. The Hall–Kier alpha value is -2.91. The first-order chi connectivity index (χ1) is 12.3. The number of rotatable bonds is 3. The fourth-order valence-corrected chi connectivity index (χ4v) is 2.94. The SMILES string of the molecule is NC(=O)c1cc(C2CCN(C(=O)c3ccc(C(F)(F)F)nc3)CC2)[nH]n1. The average Bonchev–Trinajstić information content (AvgIpc) is 3.11. The van der Waals surface area contributed by atoms with Crippen LogP contribution in [0.2, 0.25) is 0 Å². The van der Waals surface area contributed by atoms with E-state index < -0.39 is 17.8 Å². The first kappa shape index (κ1) is 17.9. The quantitative estimate of drug-likeness (QED) is 0.865. The number of primary amides is 1. The zero-order valence-corrected chi connectivity index (χ0v) is 13.6. The molecule has 3 heterocycles. The molecule has 1 saturated heterocycles. The van der Waals surface area contributed by atoms with Crippen molar-refractivity contribution < 1.29 is 22.8 Å². The molecule has 2 aromatic heterocycles. The summed E-state index contributed by atoms with van der Waals surface area (Å²) in [5.74, 6) is -0.868. The minimum Gasteiger partial charge on any atom is -0.364 e. The number of piperidine rings is 1. The summed E-state index contributed by atoms with van der Waals surface area (Å²) >= 11 is 0. The van der Waals surface area contributed by atoms with Crippen molar-refractivity contribution in [1.29, 1.82) is 0 Å². The van der Waals surface area contributed by atoms with Gasteiger partial charge in [-0.25, -0.2) is 0 Å². The van der Waals surface area contributed by atoms with E-state index in [4.69, 9.17) is 5.73 Å². The first-order valence-electron chi connectivity index (χ1n) is 7.93. The Kier molecular flexibility index (Phi) is 4.66. The molecule has 2 amide bonds. The minimum absolute atomic E-state index is 0.102. The van der Waals surface area contributed by atoms with Gasteiger partial charge in [0.1, 0.15) is 11.4 Å². The van der Waals surface area contributed by atoms with Crippen LogP contribution < -0.4 is 5.73 Å². The van der Waals surface area contributed by atoms with E-state index in [2.05, 4.69) is 15.2 Å². The number of hydrogen-bond acceptors (Lipinski definition) is 4. The molecule has 1 aliphatic rings. The van der Waals surface area contributed by atoms with E-state index in [0.29, 0.717) is 25.9 Å². The molecule has 26 heavy (non-hydrogen) atoms. The van der Waals surface area contributed by atoms with Gasteiger partial charge in [0.05, 0.1) is 5.56 Å². The third kappa shape index (κ3) is 3.68. The molecule has 0 aliphatic carbocycles. The molecule has 0 spiro atoms. The van der Waals surface area contributed by atoms with Crippen LogP contribution in [-0.2, 0) is 6.18 Å². The smallest absolute Gasteiger partial charge is 0.364 e. The third-order valence-corrected chi connectivity index (χ3v) is 4.37. The molecule has 138 valence electrons. The second-order valence-electron chi connectivity index (χ2n) is 6.07. The highest BCUT2D eigenvalue weighted by molar-refractivity contribution is 5.94. The largest absolute Gasteiger partial charge is 0.433 e. The number of aromatic nitrogens is 3. The van der Waals surface area contributed by atoms with Crippen molar-refractivity contribution in [2.24, 2.45) is 5.73 Å². The fourth-order valence-electron chi connectivity index (χ4n) is 2.94. The lowest BCUT2D eigenvalue weighted by atomic mass is 9.93. The van der Waals surface area contributed by atoms with E-state index in [1.807, 2.05) is 0 Å². The molecule has 1 fully saturated rings. The van der Waals surface area contributed by atoms with Crippen molar-refractivity contribution in [3.05, 3.63) is 47.0 Å². The third-order valence-electron chi connectivity index (χ3n) is 4.37. The van der Waals surface area contributed by atoms with E-state index in [9.17, 15) is 22.8 Å². The highest BCUT2D eigenvalue weighted by atomic mass is 19.4. The zero-order valence-electron chi connectivity index (χ0n) is 13.6. The summed E-state index contributed by atoms with van der Waals surface area (Å²) in [7, 11) is 0. The monoisotopic (exact) mass is 367 g/mol. The number of nitrogens with zero attached hydrogens (tertiary/aromatic N) is 3. The van der Waals surface area contributed by atoms with Gasteiger partial charge in [0.15, 0.2) is 0 Å². The van der Waals surface area contributed by atoms with Crippen LogP contribution >= 0.6 is 0 Å². The van der Waals surface area contributed by atoms with Gasteiger partial charge < -0.3 is 10.6 Å². The Morgan fingerprint density at radius 1 is 1.23 bits per heavy atom. The second kappa shape index (κ2) is 6.77. The maximum absolute atomic E-state index is 12.5. The van der Waals surface area contributed by atoms with E-state index in [-0.39, 0.29) is 23.1 Å². The van der Waals surface area contributed by atoms with Gasteiger partial charge in [-0.2, -0.15) is 18.3 Å². The van der Waals surface area contributed by atoms with Crippen molar-refractivity contribution in [1.82, 2.24) is 20.1 Å². The van der Waals surface area contributed by atoms with Crippen LogP contribution in [0.15, 0.2) is 24.4 Å². The van der Waals surface area contributed by atoms with Gasteiger partial charge in [-0.1, -0.05) is 0 Å². The predicted octanol–water partition coefficient (Wildman–Crippen LogP) is 1.94. The lowest BCUT2D eigenvalue weighted by molar-refractivity contribution is -0.141. The first-order valence-corrected chi connectivity index (χ1v) is 7.93. The Bertz CT molecular complexity index is 808. The van der Waals surface area contributed by atoms with Crippen LogP contribution in [0.3, 0.4) is 0 Å². The van der Waals surface area contributed by atoms with E-state index >= 15 is 0 Å². The van der Waals surface area contributed by atoms with Crippen molar-refractivity contribution in [2.45, 2.75) is 24.9 Å². The number of nitrogens with two attached hydrogens (primary N) is 1. The number of pyridine rings is 1. The molecule has 7 nitrogen and oxygen atoms in total. The molecule has 0 atom stereocenters. The molecule has 2 aromatic rings. The van der Waals surface area contributed by atoms with E-state index in [1.165, 1.54) is 0 Å². The number of halogens is 3. The molecule has 3 rings (SSSR count). The molecule has 0 unspecified atom stereocenters. The molecule has 10 heteroatoms. The highest BCUT2D eigenvalue weighted by Gasteiger charge is 2.33. The number of alkyl halides is 3. The number of carbonyl (C=O) groups excluding carboxylic acids is 2. The summed E-state index contributed by atoms with van der Waals surface area (Å²) in [5, 5.41) is 6.62. The molecular formula is C16H16F3N5O2. The zero-order chi connectivity index (χ0) is 18.9. The molecule has 1 aliphatic heterocycles. The number of amides is 2. The summed E-state index contributed by atoms with van der Waals surface area (Å²) in [6, 6.07) is 3.54. The number of nitrogens with one attached hydrogen (secondary N) is 1. The number of H-pyrrole nitrogens is 1. The lowest BCUT2D eigenvalue weighted by Gasteiger charge is -2.31. The van der Waals surface area contributed by atoms with E-state index in [0.717, 1.165) is 24.0 Å². The molecule has 3 N–H and O–H groups in total. The van der Waals surface area contributed by atoms with Crippen LogP contribution in [0.25, 0.3) is 0 Å². The molecule has 0 radical (unpaired) electrons. The van der Waals surface area contributed by atoms with Gasteiger partial charge >= 0.3 is 6.18 Å². The van der Waals surface area contributed by atoms with E-state index in [1.54, 1.807) is 11.0 Å². The average molecular weight is 367 g/mol. The standard InChI is InChI=1S/C16H16F3N5O2/c17-16(18,19)13-2-1-10(8-21-13)15(26)24-5-3-9(4-6-24)11-7-12(14(20)25)23-22-11/h1-2,7-9H,3-6H2,(H2,20,25)(H,22,23). The van der Waals surface area contributed by atoms with Crippen molar-refractivity contribution in [3.63, 3.8) is 0 Å². The maximum atomic E-state index is 12.5. The topological polar surface area (TPSA) is 105 Å². The second-order valence-corrected chi connectivity index (χ2v) is 6.07. The van der Waals surface area contributed by atoms with Gasteiger partial charge in [0.2, 0.25) is 0 Å². The summed E-state index contributed by atoms with van der Waals surface area (Å²) in [5.41, 5.74) is 5.20. The summed E-state index contributed by atoms with van der Waals surface area (Å²) in [4.78, 5) is 28.4. The Labute approximate surface area is 146 Å². The Morgan fingerprint density at radius 2 is 1.92 bits per heavy atom. The number of carbonyl (C=O) groups is 2. The van der Waals surface area contributed by atoms with Gasteiger partial charge in [-0.05, 0) is 31.0 Å². The molecular weight excluding hydrogens is 351 g/mol. The number of hydrogen-bond donors (Lipinski definition) is 2. The molecule has 0 aromatic carbocycles. The summed E-state index contributed by atoms with van der Waals surface area (Å²) in [6.07, 6.45) is -2.31. The minimum atomic E-state index is -4.53. The number of likely N-dealkylation sites (tertiary alicyclic amines) is 1. The number of aromatic amines is 1. The van der Waals surface area contributed by atoms with Crippen molar-refractivity contribution in [3.8, 4) is 0 Å². The van der Waals surface area contributed by atoms with Gasteiger partial charge in [-0.3, -0.25) is 19.7 Å². The molecule has 0 saturated carbocycles. The van der Waals surface area contributed by atoms with Crippen molar-refractivity contribution in [2.75, 3.05) is 13.1 Å². The summed E-state index contributed by atoms with van der Waals surface area (Å²) in [6.45, 7) is 0.880. The highest BCUT2D eigenvalue weighted by Crippen LogP contribution is 2.29. The Morgan fingerprint density at radius 3 is 2.42 bits per heavy atom. The van der Waals surface area contributed by atoms with Crippen LogP contribution in [0.1, 0.15) is 51.0 Å². The van der Waals surface area contributed by atoms with Gasteiger partial charge in [0, 0.05) is 30.9 Å². The lowest BCUT2D eigenvalue weighted by Crippen LogP contribution is -2.38. The van der Waals surface area contributed by atoms with Crippen LogP contribution in [0, 0.1) is 0 Å². The maximum Gasteiger partial charge on any atom is 0.433 e.